The molecule has 2 amide bonds. The number of ether oxygens (including phenoxy) is 1. The van der Waals surface area contributed by atoms with Crippen LogP contribution in [0.1, 0.15) is 56.1 Å². The molecule has 26 heavy (non-hydrogen) atoms. The Bertz CT molecular complexity index is 792. The van der Waals surface area contributed by atoms with E-state index in [-0.39, 0.29) is 5.82 Å². The molecule has 8 nitrogen and oxygen atoms in total. The third-order valence-electron chi connectivity index (χ3n) is 3.35. The zero-order valence-electron chi connectivity index (χ0n) is 15.6. The van der Waals surface area contributed by atoms with Gasteiger partial charge in [0.25, 0.3) is 5.91 Å². The summed E-state index contributed by atoms with van der Waals surface area (Å²) in [6.07, 6.45) is 1.05. The molecule has 2 aromatic rings. The van der Waals surface area contributed by atoms with Gasteiger partial charge in [0.05, 0.1) is 6.54 Å². The van der Waals surface area contributed by atoms with E-state index in [0.717, 1.165) is 12.0 Å². The maximum atomic E-state index is 11.9. The van der Waals surface area contributed by atoms with E-state index in [2.05, 4.69) is 15.4 Å². The standard InChI is InChI=1S/C18H25N5O3/c1-5-7-14-21-16(15(19)24)22-23(14)11-12-8-6-9-13(10-12)20-17(25)26-18(2,3)4/h6,8-10H,5,7,11H2,1-4H3,(H2,19,24)(H,20,25). The summed E-state index contributed by atoms with van der Waals surface area (Å²) in [5, 5.41) is 6.89. The quantitative estimate of drug-likeness (QED) is 0.823. The normalized spacial score (nSPS) is 11.2. The Kier molecular flexibility index (Phi) is 5.97. The third kappa shape index (κ3) is 5.58. The van der Waals surface area contributed by atoms with Crippen molar-refractivity contribution in [2.75, 3.05) is 5.32 Å². The van der Waals surface area contributed by atoms with Crippen LogP contribution >= 0.6 is 0 Å². The van der Waals surface area contributed by atoms with E-state index < -0.39 is 17.6 Å². The fourth-order valence-corrected chi connectivity index (χ4v) is 2.36. The summed E-state index contributed by atoms with van der Waals surface area (Å²) in [5.74, 6) is 0.0599. The first-order valence-corrected chi connectivity index (χ1v) is 8.50. The van der Waals surface area contributed by atoms with Gasteiger partial charge in [-0.1, -0.05) is 19.1 Å². The number of benzene rings is 1. The summed E-state index contributed by atoms with van der Waals surface area (Å²) in [7, 11) is 0. The Morgan fingerprint density at radius 1 is 1.31 bits per heavy atom. The summed E-state index contributed by atoms with van der Waals surface area (Å²) in [6.45, 7) is 7.85. The number of nitrogens with zero attached hydrogens (tertiary/aromatic N) is 3. The average Bonchev–Trinajstić information content (AvgIpc) is 2.89. The number of hydrogen-bond acceptors (Lipinski definition) is 5. The molecule has 0 unspecified atom stereocenters. The van der Waals surface area contributed by atoms with Crippen molar-refractivity contribution in [1.82, 2.24) is 14.8 Å². The molecule has 0 spiro atoms. The molecule has 0 aliphatic rings. The molecular weight excluding hydrogens is 334 g/mol. The Morgan fingerprint density at radius 2 is 2.04 bits per heavy atom. The molecule has 1 aromatic carbocycles. The molecule has 8 heteroatoms. The SMILES string of the molecule is CCCc1nc(C(N)=O)nn1Cc1cccc(NC(=O)OC(C)(C)C)c1. The Morgan fingerprint density at radius 3 is 2.65 bits per heavy atom. The van der Waals surface area contributed by atoms with E-state index in [0.29, 0.717) is 24.5 Å². The predicted molar refractivity (Wildman–Crippen MR) is 97.9 cm³/mol. The predicted octanol–water partition coefficient (Wildman–Crippen LogP) is 2.72. The summed E-state index contributed by atoms with van der Waals surface area (Å²) in [5.41, 5.74) is 6.22. The molecule has 0 atom stereocenters. The molecular formula is C18H25N5O3. The van der Waals surface area contributed by atoms with Crippen LogP contribution < -0.4 is 11.1 Å². The molecule has 140 valence electrons. The van der Waals surface area contributed by atoms with Crippen LogP contribution in [-0.2, 0) is 17.7 Å². The maximum Gasteiger partial charge on any atom is 0.412 e. The summed E-state index contributed by atoms with van der Waals surface area (Å²) < 4.78 is 6.91. The van der Waals surface area contributed by atoms with E-state index in [1.54, 1.807) is 31.5 Å². The van der Waals surface area contributed by atoms with E-state index >= 15 is 0 Å². The van der Waals surface area contributed by atoms with Gasteiger partial charge in [-0.2, -0.15) is 0 Å². The summed E-state index contributed by atoms with van der Waals surface area (Å²) in [4.78, 5) is 27.4. The third-order valence-corrected chi connectivity index (χ3v) is 3.35. The van der Waals surface area contributed by atoms with Gasteiger partial charge in [0.15, 0.2) is 0 Å². The molecule has 0 aliphatic carbocycles. The van der Waals surface area contributed by atoms with E-state index in [1.807, 2.05) is 25.1 Å². The van der Waals surface area contributed by atoms with E-state index in [1.165, 1.54) is 0 Å². The molecule has 2 rings (SSSR count). The van der Waals surface area contributed by atoms with Gasteiger partial charge in [-0.05, 0) is 44.9 Å². The second-order valence-corrected chi connectivity index (χ2v) is 6.95. The van der Waals surface area contributed by atoms with Crippen LogP contribution in [-0.4, -0.2) is 32.4 Å². The van der Waals surface area contributed by atoms with Gasteiger partial charge >= 0.3 is 6.09 Å². The van der Waals surface area contributed by atoms with Crippen molar-refractivity contribution in [1.29, 1.82) is 0 Å². The van der Waals surface area contributed by atoms with Crippen molar-refractivity contribution in [2.24, 2.45) is 5.73 Å². The van der Waals surface area contributed by atoms with E-state index in [9.17, 15) is 9.59 Å². The van der Waals surface area contributed by atoms with Gasteiger partial charge in [0.1, 0.15) is 11.4 Å². The van der Waals surface area contributed by atoms with Crippen LogP contribution in [0.3, 0.4) is 0 Å². The average molecular weight is 359 g/mol. The van der Waals surface area contributed by atoms with Crippen LogP contribution in [0.5, 0.6) is 0 Å². The van der Waals surface area contributed by atoms with Gasteiger partial charge in [0, 0.05) is 12.1 Å². The number of anilines is 1. The molecule has 3 N–H and O–H groups in total. The van der Waals surface area contributed by atoms with Crippen molar-refractivity contribution < 1.29 is 14.3 Å². The van der Waals surface area contributed by atoms with Crippen molar-refractivity contribution in [3.05, 3.63) is 41.5 Å². The zero-order valence-corrected chi connectivity index (χ0v) is 15.6. The monoisotopic (exact) mass is 359 g/mol. The number of aryl methyl sites for hydroxylation is 1. The largest absolute Gasteiger partial charge is 0.444 e. The number of carbonyl (C=O) groups excluding carboxylic acids is 2. The first kappa shape index (κ1) is 19.4. The minimum absolute atomic E-state index is 0.0106. The number of carbonyl (C=O) groups is 2. The van der Waals surface area contributed by atoms with Gasteiger partial charge in [-0.15, -0.1) is 5.10 Å². The lowest BCUT2D eigenvalue weighted by Gasteiger charge is -2.19. The Balaban J connectivity index is 2.16. The summed E-state index contributed by atoms with van der Waals surface area (Å²) >= 11 is 0. The van der Waals surface area contributed by atoms with Crippen LogP contribution in [0.25, 0.3) is 0 Å². The highest BCUT2D eigenvalue weighted by Gasteiger charge is 2.17. The molecule has 1 aromatic heterocycles. The molecule has 0 radical (unpaired) electrons. The Labute approximate surface area is 152 Å². The molecule has 0 aliphatic heterocycles. The summed E-state index contributed by atoms with van der Waals surface area (Å²) in [6, 6.07) is 7.33. The van der Waals surface area contributed by atoms with Gasteiger partial charge in [-0.25, -0.2) is 14.5 Å². The number of primary amides is 1. The highest BCUT2D eigenvalue weighted by molar-refractivity contribution is 5.88. The fourth-order valence-electron chi connectivity index (χ4n) is 2.36. The number of amides is 2. The topological polar surface area (TPSA) is 112 Å². The molecule has 0 fully saturated rings. The number of nitrogens with two attached hydrogens (primary N) is 1. The second kappa shape index (κ2) is 7.99. The van der Waals surface area contributed by atoms with Crippen LogP contribution in [0.15, 0.2) is 24.3 Å². The highest BCUT2D eigenvalue weighted by atomic mass is 16.6. The van der Waals surface area contributed by atoms with E-state index in [4.69, 9.17) is 10.5 Å². The maximum absolute atomic E-state index is 11.9. The molecule has 0 saturated heterocycles. The van der Waals surface area contributed by atoms with Crippen molar-refractivity contribution in [2.45, 2.75) is 52.7 Å². The second-order valence-electron chi connectivity index (χ2n) is 6.95. The van der Waals surface area contributed by atoms with Gasteiger partial charge in [-0.3, -0.25) is 10.1 Å². The van der Waals surface area contributed by atoms with Crippen LogP contribution in [0, 0.1) is 0 Å². The zero-order chi connectivity index (χ0) is 19.3. The van der Waals surface area contributed by atoms with Gasteiger partial charge < -0.3 is 10.5 Å². The first-order chi connectivity index (χ1) is 12.2. The van der Waals surface area contributed by atoms with Crippen molar-refractivity contribution in [3.8, 4) is 0 Å². The van der Waals surface area contributed by atoms with Crippen molar-refractivity contribution >= 4 is 17.7 Å². The minimum atomic E-state index is -0.651. The van der Waals surface area contributed by atoms with Gasteiger partial charge in [0.2, 0.25) is 5.82 Å². The van der Waals surface area contributed by atoms with Crippen LogP contribution in [0.4, 0.5) is 10.5 Å². The lowest BCUT2D eigenvalue weighted by atomic mass is 10.2. The van der Waals surface area contributed by atoms with Crippen molar-refractivity contribution in [3.63, 3.8) is 0 Å². The molecule has 0 saturated carbocycles. The number of rotatable bonds is 6. The first-order valence-electron chi connectivity index (χ1n) is 8.50. The molecule has 1 heterocycles. The highest BCUT2D eigenvalue weighted by Crippen LogP contribution is 2.15. The minimum Gasteiger partial charge on any atom is -0.444 e. The Hall–Kier alpha value is -2.90. The van der Waals surface area contributed by atoms with Crippen LogP contribution in [0.2, 0.25) is 0 Å². The lowest BCUT2D eigenvalue weighted by molar-refractivity contribution is 0.0635. The number of nitrogens with one attached hydrogen (secondary N) is 1. The lowest BCUT2D eigenvalue weighted by Crippen LogP contribution is -2.27. The fraction of sp³-hybridized carbons (Fsp3) is 0.444. The smallest absolute Gasteiger partial charge is 0.412 e. The number of hydrogen-bond donors (Lipinski definition) is 2. The molecule has 0 bridgehead atoms. The number of aromatic nitrogens is 3.